The highest BCUT2D eigenvalue weighted by molar-refractivity contribution is 14.1. The van der Waals surface area contributed by atoms with Gasteiger partial charge in [0, 0.05) is 3.58 Å². The molecule has 0 bridgehead atoms. The van der Waals surface area contributed by atoms with Crippen molar-refractivity contribution in [1.82, 2.24) is 0 Å². The molecule has 0 saturated carbocycles. The average molecular weight is 288 g/mol. The van der Waals surface area contributed by atoms with E-state index in [1.165, 1.54) is 11.1 Å². The van der Waals surface area contributed by atoms with Crippen molar-refractivity contribution in [2.24, 2.45) is 0 Å². The molecule has 0 aromatic rings. The minimum absolute atomic E-state index is 1.08. The Balaban J connectivity index is 4.69. The highest BCUT2D eigenvalue weighted by Gasteiger charge is 1.97. The van der Waals surface area contributed by atoms with Gasteiger partial charge in [0.15, 0.2) is 0 Å². The molecule has 0 amide bonds. The summed E-state index contributed by atoms with van der Waals surface area (Å²) >= 11 is 2.24. The Morgan fingerprint density at radius 2 is 2.08 bits per heavy atom. The van der Waals surface area contributed by atoms with Gasteiger partial charge in [0.1, 0.15) is 0 Å². The molecule has 0 unspecified atom stereocenters. The standard InChI is InChI=1S/C12H17I/c1-5-7-10(3)12(8-6-2)9-11(4)13/h5,7,9H,1,4,6,8H2,2-3H3/b10-7+,12-9+. The van der Waals surface area contributed by atoms with Crippen LogP contribution in [0.5, 0.6) is 0 Å². The first kappa shape index (κ1) is 12.7. The Kier molecular flexibility index (Phi) is 6.96. The van der Waals surface area contributed by atoms with Gasteiger partial charge in [-0.3, -0.25) is 0 Å². The van der Waals surface area contributed by atoms with Crippen molar-refractivity contribution in [3.8, 4) is 0 Å². The highest BCUT2D eigenvalue weighted by atomic mass is 127. The van der Waals surface area contributed by atoms with Crippen molar-refractivity contribution < 1.29 is 0 Å². The molecule has 0 radical (unpaired) electrons. The summed E-state index contributed by atoms with van der Waals surface area (Å²) in [6.45, 7) is 11.9. The second-order valence-corrected chi connectivity index (χ2v) is 4.34. The van der Waals surface area contributed by atoms with E-state index in [-0.39, 0.29) is 0 Å². The molecule has 0 aromatic carbocycles. The normalized spacial score (nSPS) is 12.8. The van der Waals surface area contributed by atoms with Crippen LogP contribution in [0.1, 0.15) is 26.7 Å². The summed E-state index contributed by atoms with van der Waals surface area (Å²) < 4.78 is 1.08. The number of hydrogen-bond acceptors (Lipinski definition) is 0. The summed E-state index contributed by atoms with van der Waals surface area (Å²) in [7, 11) is 0. The van der Waals surface area contributed by atoms with Crippen LogP contribution < -0.4 is 0 Å². The van der Waals surface area contributed by atoms with Crippen molar-refractivity contribution in [1.29, 1.82) is 0 Å². The zero-order chi connectivity index (χ0) is 10.3. The number of rotatable bonds is 5. The molecule has 0 N–H and O–H groups in total. The zero-order valence-corrected chi connectivity index (χ0v) is 10.6. The molecule has 0 heterocycles. The van der Waals surface area contributed by atoms with Gasteiger partial charge < -0.3 is 0 Å². The third-order valence-electron chi connectivity index (χ3n) is 1.72. The quantitative estimate of drug-likeness (QED) is 0.504. The second kappa shape index (κ2) is 7.13. The highest BCUT2D eigenvalue weighted by Crippen LogP contribution is 2.19. The molecule has 0 aromatic heterocycles. The Morgan fingerprint density at radius 3 is 2.46 bits per heavy atom. The number of allylic oxidation sites excluding steroid dienone is 6. The maximum atomic E-state index is 3.88. The Morgan fingerprint density at radius 1 is 1.46 bits per heavy atom. The minimum Gasteiger partial charge on any atom is -0.0991 e. The summed E-state index contributed by atoms with van der Waals surface area (Å²) in [5, 5.41) is 0. The molecule has 0 aliphatic carbocycles. The van der Waals surface area contributed by atoms with Crippen molar-refractivity contribution in [2.75, 3.05) is 0 Å². The predicted molar refractivity (Wildman–Crippen MR) is 70.1 cm³/mol. The lowest BCUT2D eigenvalue weighted by Gasteiger charge is -2.05. The first-order valence-electron chi connectivity index (χ1n) is 4.46. The summed E-state index contributed by atoms with van der Waals surface area (Å²) in [6, 6.07) is 0. The molecule has 0 rings (SSSR count). The van der Waals surface area contributed by atoms with Gasteiger partial charge in [0.05, 0.1) is 0 Å². The Labute approximate surface area is 95.3 Å². The number of halogens is 1. The fraction of sp³-hybridized carbons (Fsp3) is 0.333. The van der Waals surface area contributed by atoms with Gasteiger partial charge in [-0.2, -0.15) is 0 Å². The summed E-state index contributed by atoms with van der Waals surface area (Å²) in [4.78, 5) is 0. The summed E-state index contributed by atoms with van der Waals surface area (Å²) in [5.41, 5.74) is 2.65. The van der Waals surface area contributed by atoms with E-state index in [0.717, 1.165) is 16.4 Å². The van der Waals surface area contributed by atoms with Gasteiger partial charge in [-0.05, 0) is 53.2 Å². The van der Waals surface area contributed by atoms with Crippen LogP contribution in [0, 0.1) is 0 Å². The van der Waals surface area contributed by atoms with E-state index in [4.69, 9.17) is 0 Å². The fourth-order valence-electron chi connectivity index (χ4n) is 1.13. The SMILES string of the molecule is C=C/C=C(C)/C(=C/C(=C)I)CCC. The molecule has 0 fully saturated rings. The van der Waals surface area contributed by atoms with Crippen molar-refractivity contribution in [3.63, 3.8) is 0 Å². The second-order valence-electron chi connectivity index (χ2n) is 2.95. The van der Waals surface area contributed by atoms with E-state index >= 15 is 0 Å². The lowest BCUT2D eigenvalue weighted by molar-refractivity contribution is 0.911. The van der Waals surface area contributed by atoms with Crippen LogP contribution in [0.15, 0.2) is 46.1 Å². The monoisotopic (exact) mass is 288 g/mol. The van der Waals surface area contributed by atoms with E-state index in [0.29, 0.717) is 0 Å². The fourth-order valence-corrected chi connectivity index (χ4v) is 1.50. The largest absolute Gasteiger partial charge is 0.0991 e. The average Bonchev–Trinajstić information content (AvgIpc) is 2.03. The molecule has 13 heavy (non-hydrogen) atoms. The van der Waals surface area contributed by atoms with Crippen LogP contribution in [0.4, 0.5) is 0 Å². The maximum absolute atomic E-state index is 3.88. The first-order valence-corrected chi connectivity index (χ1v) is 5.54. The molecular formula is C12H17I. The van der Waals surface area contributed by atoms with Crippen LogP contribution in [0.2, 0.25) is 0 Å². The zero-order valence-electron chi connectivity index (χ0n) is 8.44. The van der Waals surface area contributed by atoms with E-state index in [1.807, 2.05) is 12.2 Å². The third-order valence-corrected chi connectivity index (χ3v) is 2.04. The van der Waals surface area contributed by atoms with Crippen LogP contribution in [0.25, 0.3) is 0 Å². The first-order chi connectivity index (χ1) is 6.11. The molecular weight excluding hydrogens is 271 g/mol. The number of hydrogen-bond donors (Lipinski definition) is 0. The van der Waals surface area contributed by atoms with Gasteiger partial charge in [-0.25, -0.2) is 0 Å². The lowest BCUT2D eigenvalue weighted by Crippen LogP contribution is -1.85. The summed E-state index contributed by atoms with van der Waals surface area (Å²) in [6.07, 6.45) is 8.28. The molecule has 72 valence electrons. The van der Waals surface area contributed by atoms with Gasteiger partial charge in [0.25, 0.3) is 0 Å². The summed E-state index contributed by atoms with van der Waals surface area (Å²) in [5.74, 6) is 0. The molecule has 0 atom stereocenters. The van der Waals surface area contributed by atoms with Crippen molar-refractivity contribution in [2.45, 2.75) is 26.7 Å². The molecule has 0 spiro atoms. The van der Waals surface area contributed by atoms with Gasteiger partial charge in [-0.1, -0.05) is 38.7 Å². The molecule has 0 aliphatic heterocycles. The van der Waals surface area contributed by atoms with Crippen molar-refractivity contribution in [3.05, 3.63) is 46.1 Å². The van der Waals surface area contributed by atoms with E-state index in [2.05, 4.69) is 55.7 Å². The minimum atomic E-state index is 1.08. The van der Waals surface area contributed by atoms with Crippen LogP contribution in [0.3, 0.4) is 0 Å². The van der Waals surface area contributed by atoms with E-state index in [1.54, 1.807) is 0 Å². The Hall–Kier alpha value is -0.310. The van der Waals surface area contributed by atoms with Crippen molar-refractivity contribution >= 4 is 22.6 Å². The van der Waals surface area contributed by atoms with E-state index in [9.17, 15) is 0 Å². The molecule has 1 heteroatoms. The lowest BCUT2D eigenvalue weighted by atomic mass is 10.0. The van der Waals surface area contributed by atoms with Gasteiger partial charge in [-0.15, -0.1) is 0 Å². The van der Waals surface area contributed by atoms with E-state index < -0.39 is 0 Å². The molecule has 0 aliphatic rings. The van der Waals surface area contributed by atoms with Gasteiger partial charge >= 0.3 is 0 Å². The van der Waals surface area contributed by atoms with Crippen LogP contribution in [-0.2, 0) is 0 Å². The molecule has 0 nitrogen and oxygen atoms in total. The Bertz CT molecular complexity index is 244. The third kappa shape index (κ3) is 5.86. The van der Waals surface area contributed by atoms with Crippen LogP contribution >= 0.6 is 22.6 Å². The van der Waals surface area contributed by atoms with Crippen LogP contribution in [-0.4, -0.2) is 0 Å². The van der Waals surface area contributed by atoms with Gasteiger partial charge in [0.2, 0.25) is 0 Å². The maximum Gasteiger partial charge on any atom is 0.00608 e. The predicted octanol–water partition coefficient (Wildman–Crippen LogP) is 4.79. The topological polar surface area (TPSA) is 0 Å². The molecule has 0 saturated heterocycles. The smallest absolute Gasteiger partial charge is 0.00608 e.